The molecule has 1 aliphatic rings. The van der Waals surface area contributed by atoms with Crippen molar-refractivity contribution in [2.75, 3.05) is 37.0 Å². The molecule has 0 bridgehead atoms. The van der Waals surface area contributed by atoms with E-state index in [2.05, 4.69) is 57.0 Å². The third-order valence-electron chi connectivity index (χ3n) is 4.99. The predicted molar refractivity (Wildman–Crippen MR) is 117 cm³/mol. The number of ether oxygens (including phenoxy) is 1. The lowest BCUT2D eigenvalue weighted by atomic mass is 10.1. The molecule has 0 unspecified atom stereocenters. The van der Waals surface area contributed by atoms with Gasteiger partial charge in [0, 0.05) is 19.1 Å². The van der Waals surface area contributed by atoms with Crippen LogP contribution >= 0.6 is 11.8 Å². The molecule has 0 saturated carbocycles. The van der Waals surface area contributed by atoms with Gasteiger partial charge in [0.2, 0.25) is 11.9 Å². The molecule has 8 heteroatoms. The van der Waals surface area contributed by atoms with Gasteiger partial charge in [-0.05, 0) is 31.4 Å². The highest BCUT2D eigenvalue weighted by Crippen LogP contribution is 2.29. The smallest absolute Gasteiger partial charge is 0.232 e. The van der Waals surface area contributed by atoms with Gasteiger partial charge in [-0.15, -0.1) is 10.2 Å². The highest BCUT2D eigenvalue weighted by Gasteiger charge is 2.23. The van der Waals surface area contributed by atoms with Gasteiger partial charge >= 0.3 is 0 Å². The number of anilines is 1. The van der Waals surface area contributed by atoms with Crippen LogP contribution in [0.15, 0.2) is 29.4 Å². The number of para-hydroxylation sites is 1. The van der Waals surface area contributed by atoms with Crippen molar-refractivity contribution in [2.24, 2.45) is 0 Å². The number of aryl methyl sites for hydroxylation is 1. The summed E-state index contributed by atoms with van der Waals surface area (Å²) in [4.78, 5) is 14.6. The molecule has 3 rings (SSSR count). The minimum atomic E-state index is 0.0298. The van der Waals surface area contributed by atoms with Crippen LogP contribution in [0.3, 0.4) is 0 Å². The Kier molecular flexibility index (Phi) is 7.94. The Bertz CT molecular complexity index is 804. The van der Waals surface area contributed by atoms with Crippen LogP contribution in [0.4, 0.5) is 5.95 Å². The number of nitrogens with one attached hydrogen (secondary N) is 1. The van der Waals surface area contributed by atoms with Crippen molar-refractivity contribution < 1.29 is 9.53 Å². The molecule has 1 amide bonds. The number of hydrogen-bond acceptors (Lipinski definition) is 6. The van der Waals surface area contributed by atoms with Gasteiger partial charge in [-0.1, -0.05) is 50.2 Å². The Labute approximate surface area is 177 Å². The van der Waals surface area contributed by atoms with E-state index in [0.717, 1.165) is 49.1 Å². The van der Waals surface area contributed by atoms with Crippen LogP contribution in [0.25, 0.3) is 5.69 Å². The Morgan fingerprint density at radius 3 is 2.72 bits per heavy atom. The van der Waals surface area contributed by atoms with Crippen molar-refractivity contribution in [1.29, 1.82) is 0 Å². The van der Waals surface area contributed by atoms with E-state index >= 15 is 0 Å². The molecule has 1 fully saturated rings. The van der Waals surface area contributed by atoms with E-state index in [-0.39, 0.29) is 11.9 Å². The number of aromatic nitrogens is 3. The molecule has 2 heterocycles. The predicted octanol–water partition coefficient (Wildman–Crippen LogP) is 3.06. The quantitative estimate of drug-likeness (QED) is 0.632. The summed E-state index contributed by atoms with van der Waals surface area (Å²) in [6, 6.07) is 8.50. The molecule has 29 heavy (non-hydrogen) atoms. The molecule has 0 spiro atoms. The molecule has 0 radical (unpaired) electrons. The number of benzene rings is 1. The summed E-state index contributed by atoms with van der Waals surface area (Å²) in [7, 11) is 0. The zero-order valence-electron chi connectivity index (χ0n) is 17.6. The SMILES string of the molecule is CCC[C@H](C)NC(=O)CSc1nnc(N2CCOCC2)n1-c1ccccc1CC. The van der Waals surface area contributed by atoms with E-state index in [1.165, 1.54) is 17.3 Å². The van der Waals surface area contributed by atoms with Crippen LogP contribution in [-0.4, -0.2) is 58.8 Å². The first kappa shape index (κ1) is 21.6. The fraction of sp³-hybridized carbons (Fsp3) is 0.571. The minimum absolute atomic E-state index is 0.0298. The number of carbonyl (C=O) groups is 1. The van der Waals surface area contributed by atoms with Crippen LogP contribution in [0.2, 0.25) is 0 Å². The van der Waals surface area contributed by atoms with Crippen LogP contribution in [0.1, 0.15) is 39.2 Å². The van der Waals surface area contributed by atoms with E-state index in [0.29, 0.717) is 19.0 Å². The maximum absolute atomic E-state index is 12.4. The summed E-state index contributed by atoms with van der Waals surface area (Å²) in [5.41, 5.74) is 2.30. The number of hydrogen-bond donors (Lipinski definition) is 1. The number of morpholine rings is 1. The summed E-state index contributed by atoms with van der Waals surface area (Å²) in [6.45, 7) is 9.25. The Balaban J connectivity index is 1.85. The first-order chi connectivity index (χ1) is 14.1. The molecule has 1 atom stereocenters. The molecule has 2 aromatic rings. The average molecular weight is 418 g/mol. The third-order valence-corrected chi connectivity index (χ3v) is 5.91. The van der Waals surface area contributed by atoms with E-state index in [1.807, 2.05) is 13.0 Å². The molecule has 1 aromatic heterocycles. The second-order valence-corrected chi connectivity index (χ2v) is 8.19. The lowest BCUT2D eigenvalue weighted by Crippen LogP contribution is -2.38. The van der Waals surface area contributed by atoms with Gasteiger partial charge in [0.15, 0.2) is 5.16 Å². The van der Waals surface area contributed by atoms with Crippen LogP contribution in [0.5, 0.6) is 0 Å². The number of amides is 1. The van der Waals surface area contributed by atoms with Gasteiger partial charge in [0.25, 0.3) is 0 Å². The standard InChI is InChI=1S/C21H31N5O2S/c1-4-8-16(3)22-19(27)15-29-21-24-23-20(25-11-13-28-14-12-25)26(21)18-10-7-6-9-17(18)5-2/h6-7,9-10,16H,4-5,8,11-15H2,1-3H3,(H,22,27)/t16-/m0/s1. The van der Waals surface area contributed by atoms with Gasteiger partial charge in [-0.2, -0.15) is 0 Å². The first-order valence-corrected chi connectivity index (χ1v) is 11.4. The van der Waals surface area contributed by atoms with Gasteiger partial charge in [0.05, 0.1) is 24.7 Å². The average Bonchev–Trinajstić information content (AvgIpc) is 3.16. The molecule has 1 aliphatic heterocycles. The fourth-order valence-corrected chi connectivity index (χ4v) is 4.27. The molecule has 1 N–H and O–H groups in total. The molecule has 1 saturated heterocycles. The van der Waals surface area contributed by atoms with E-state index < -0.39 is 0 Å². The van der Waals surface area contributed by atoms with Gasteiger partial charge in [0.1, 0.15) is 0 Å². The fourth-order valence-electron chi connectivity index (χ4n) is 3.51. The molecule has 0 aliphatic carbocycles. The Morgan fingerprint density at radius 2 is 2.00 bits per heavy atom. The summed E-state index contributed by atoms with van der Waals surface area (Å²) < 4.78 is 7.59. The Morgan fingerprint density at radius 1 is 1.24 bits per heavy atom. The van der Waals surface area contributed by atoms with Gasteiger partial charge < -0.3 is 15.0 Å². The molecular formula is C21H31N5O2S. The zero-order chi connectivity index (χ0) is 20.6. The van der Waals surface area contributed by atoms with Crippen molar-refractivity contribution in [1.82, 2.24) is 20.1 Å². The summed E-state index contributed by atoms with van der Waals surface area (Å²) in [5.74, 6) is 1.17. The first-order valence-electron chi connectivity index (χ1n) is 10.4. The molecular weight excluding hydrogens is 386 g/mol. The number of carbonyl (C=O) groups excluding carboxylic acids is 1. The van der Waals surface area contributed by atoms with E-state index in [1.54, 1.807) is 0 Å². The van der Waals surface area contributed by atoms with Gasteiger partial charge in [-0.3, -0.25) is 9.36 Å². The maximum atomic E-state index is 12.4. The summed E-state index contributed by atoms with van der Waals surface area (Å²) >= 11 is 1.43. The van der Waals surface area contributed by atoms with Crippen molar-refractivity contribution in [3.05, 3.63) is 29.8 Å². The van der Waals surface area contributed by atoms with Crippen LogP contribution < -0.4 is 10.2 Å². The van der Waals surface area contributed by atoms with E-state index in [9.17, 15) is 4.79 Å². The highest BCUT2D eigenvalue weighted by atomic mass is 32.2. The molecule has 158 valence electrons. The normalized spacial score (nSPS) is 15.3. The lowest BCUT2D eigenvalue weighted by Gasteiger charge is -2.28. The van der Waals surface area contributed by atoms with Crippen molar-refractivity contribution in [2.45, 2.75) is 51.2 Å². The molecule has 7 nitrogen and oxygen atoms in total. The van der Waals surface area contributed by atoms with Gasteiger partial charge in [-0.25, -0.2) is 0 Å². The maximum Gasteiger partial charge on any atom is 0.232 e. The highest BCUT2D eigenvalue weighted by molar-refractivity contribution is 7.99. The second-order valence-electron chi connectivity index (χ2n) is 7.25. The molecule has 1 aromatic carbocycles. The topological polar surface area (TPSA) is 72.3 Å². The number of nitrogens with zero attached hydrogens (tertiary/aromatic N) is 4. The Hall–Kier alpha value is -2.06. The minimum Gasteiger partial charge on any atom is -0.378 e. The summed E-state index contributed by atoms with van der Waals surface area (Å²) in [6.07, 6.45) is 2.95. The monoisotopic (exact) mass is 417 g/mol. The van der Waals surface area contributed by atoms with E-state index in [4.69, 9.17) is 4.74 Å². The zero-order valence-corrected chi connectivity index (χ0v) is 18.4. The lowest BCUT2D eigenvalue weighted by molar-refractivity contribution is -0.119. The van der Waals surface area contributed by atoms with Crippen molar-refractivity contribution in [3.63, 3.8) is 0 Å². The second kappa shape index (κ2) is 10.6. The largest absolute Gasteiger partial charge is 0.378 e. The third kappa shape index (κ3) is 5.51. The number of rotatable bonds is 9. The van der Waals surface area contributed by atoms with Crippen LogP contribution in [-0.2, 0) is 16.0 Å². The van der Waals surface area contributed by atoms with Crippen molar-refractivity contribution >= 4 is 23.6 Å². The van der Waals surface area contributed by atoms with Crippen molar-refractivity contribution in [3.8, 4) is 5.69 Å². The summed E-state index contributed by atoms with van der Waals surface area (Å²) in [5, 5.41) is 12.7. The number of thioether (sulfide) groups is 1. The van der Waals surface area contributed by atoms with Crippen LogP contribution in [0, 0.1) is 0 Å².